The van der Waals surface area contributed by atoms with E-state index in [0.717, 1.165) is 30.6 Å². The van der Waals surface area contributed by atoms with Gasteiger partial charge in [0.05, 0.1) is 17.5 Å². The molecule has 35 heavy (non-hydrogen) atoms. The SMILES string of the molecule is Cc1cc(S(=O)(=O)N(CC#N)C[C@H]2CCC3=CC4=C(CNN4c4ccc(F)cc4)C[C@@]32C)c(C)o1. The van der Waals surface area contributed by atoms with Crippen molar-refractivity contribution < 1.29 is 17.2 Å². The number of rotatable bonds is 6. The highest BCUT2D eigenvalue weighted by atomic mass is 32.2. The van der Waals surface area contributed by atoms with Crippen LogP contribution in [0.2, 0.25) is 0 Å². The van der Waals surface area contributed by atoms with Crippen LogP contribution in [0.3, 0.4) is 0 Å². The van der Waals surface area contributed by atoms with E-state index < -0.39 is 10.0 Å². The Kier molecular flexibility index (Phi) is 5.86. The molecule has 2 aromatic rings. The van der Waals surface area contributed by atoms with Crippen LogP contribution in [0, 0.1) is 42.3 Å². The lowest BCUT2D eigenvalue weighted by atomic mass is 9.69. The van der Waals surface area contributed by atoms with Crippen molar-refractivity contribution in [3.05, 3.63) is 70.6 Å². The summed E-state index contributed by atoms with van der Waals surface area (Å²) in [4.78, 5) is 0.132. The second-order valence-electron chi connectivity index (χ2n) is 9.87. The molecule has 0 amide bonds. The summed E-state index contributed by atoms with van der Waals surface area (Å²) in [5, 5.41) is 11.4. The third kappa shape index (κ3) is 3.99. The molecule has 2 heterocycles. The maximum absolute atomic E-state index is 13.5. The lowest BCUT2D eigenvalue weighted by Gasteiger charge is -2.38. The van der Waals surface area contributed by atoms with Crippen LogP contribution in [0.5, 0.6) is 0 Å². The summed E-state index contributed by atoms with van der Waals surface area (Å²) in [6, 6.07) is 9.99. The van der Waals surface area contributed by atoms with Gasteiger partial charge in [-0.15, -0.1) is 0 Å². The molecule has 2 aliphatic carbocycles. The average Bonchev–Trinajstić information content (AvgIpc) is 3.47. The van der Waals surface area contributed by atoms with Gasteiger partial charge < -0.3 is 4.42 Å². The fraction of sp³-hybridized carbons (Fsp3) is 0.423. The molecule has 2 atom stereocenters. The third-order valence-corrected chi connectivity index (χ3v) is 9.63. The van der Waals surface area contributed by atoms with Crippen LogP contribution in [-0.2, 0) is 10.0 Å². The number of furan rings is 1. The van der Waals surface area contributed by atoms with Gasteiger partial charge in [0.15, 0.2) is 0 Å². The zero-order chi connectivity index (χ0) is 25.0. The van der Waals surface area contributed by atoms with Crippen molar-refractivity contribution in [3.8, 4) is 6.07 Å². The van der Waals surface area contributed by atoms with Crippen LogP contribution in [-0.4, -0.2) is 32.4 Å². The normalized spacial score (nSPS) is 23.9. The van der Waals surface area contributed by atoms with E-state index in [-0.39, 0.29) is 35.1 Å². The standard InChI is InChI=1S/C26H29FN4O3S/c1-17-12-25(18(2)34-17)35(32,33)30(11-10-28)16-21-5-4-20-13-24-19(14-26(20,21)3)15-29-31(24)23-8-6-22(27)7-9-23/h6-9,12-13,21,29H,4-5,11,14-16H2,1-3H3/t21-,26+/m1/s1. The zero-order valence-corrected chi connectivity index (χ0v) is 21.0. The Morgan fingerprint density at radius 2 is 2.06 bits per heavy atom. The number of aryl methyl sites for hydroxylation is 2. The van der Waals surface area contributed by atoms with E-state index in [1.165, 1.54) is 33.7 Å². The fourth-order valence-electron chi connectivity index (χ4n) is 5.82. The van der Waals surface area contributed by atoms with Crippen LogP contribution in [0.15, 0.2) is 62.6 Å². The minimum Gasteiger partial charge on any atom is -0.465 e. The van der Waals surface area contributed by atoms with E-state index in [4.69, 9.17) is 4.42 Å². The molecule has 1 aliphatic heterocycles. The highest BCUT2D eigenvalue weighted by Crippen LogP contribution is 2.55. The zero-order valence-electron chi connectivity index (χ0n) is 20.1. The summed E-state index contributed by atoms with van der Waals surface area (Å²) in [6.45, 7) is 6.33. The number of hydrazine groups is 1. The average molecular weight is 497 g/mol. The van der Waals surface area contributed by atoms with Gasteiger partial charge >= 0.3 is 0 Å². The summed E-state index contributed by atoms with van der Waals surface area (Å²) in [7, 11) is -3.86. The van der Waals surface area contributed by atoms with Crippen LogP contribution < -0.4 is 10.4 Å². The summed E-state index contributed by atoms with van der Waals surface area (Å²) < 4.78 is 47.1. The van der Waals surface area contributed by atoms with Crippen LogP contribution in [0.4, 0.5) is 10.1 Å². The molecule has 0 unspecified atom stereocenters. The summed E-state index contributed by atoms with van der Waals surface area (Å²) in [6.07, 6.45) is 4.76. The van der Waals surface area contributed by atoms with Gasteiger partial charge in [0.25, 0.3) is 0 Å². The second-order valence-corrected chi connectivity index (χ2v) is 11.8. The molecule has 5 rings (SSSR count). The van der Waals surface area contributed by atoms with Gasteiger partial charge in [-0.25, -0.2) is 18.2 Å². The summed E-state index contributed by atoms with van der Waals surface area (Å²) in [5.74, 6) is 0.684. The van der Waals surface area contributed by atoms with Gasteiger partial charge in [-0.3, -0.25) is 5.01 Å². The number of benzene rings is 1. The van der Waals surface area contributed by atoms with E-state index >= 15 is 0 Å². The Morgan fingerprint density at radius 1 is 1.31 bits per heavy atom. The number of nitrogens with one attached hydrogen (secondary N) is 1. The van der Waals surface area contributed by atoms with Gasteiger partial charge in [0.2, 0.25) is 10.0 Å². The minimum atomic E-state index is -3.86. The highest BCUT2D eigenvalue weighted by molar-refractivity contribution is 7.89. The van der Waals surface area contributed by atoms with Crippen molar-refractivity contribution in [3.63, 3.8) is 0 Å². The maximum atomic E-state index is 13.5. The summed E-state index contributed by atoms with van der Waals surface area (Å²) in [5.41, 5.74) is 7.73. The number of hydrogen-bond acceptors (Lipinski definition) is 6. The Hall–Kier alpha value is -2.93. The quantitative estimate of drug-likeness (QED) is 0.589. The first-order valence-electron chi connectivity index (χ1n) is 11.8. The Bertz CT molecular complexity index is 1370. The minimum absolute atomic E-state index is 0.0825. The second kappa shape index (κ2) is 8.63. The Morgan fingerprint density at radius 3 is 2.71 bits per heavy atom. The van der Waals surface area contributed by atoms with Crippen LogP contribution >= 0.6 is 0 Å². The molecule has 184 valence electrons. The van der Waals surface area contributed by atoms with Crippen molar-refractivity contribution in [2.24, 2.45) is 11.3 Å². The first-order valence-corrected chi connectivity index (χ1v) is 13.2. The van der Waals surface area contributed by atoms with Crippen LogP contribution in [0.25, 0.3) is 0 Å². The largest absolute Gasteiger partial charge is 0.465 e. The topological polar surface area (TPSA) is 89.6 Å². The maximum Gasteiger partial charge on any atom is 0.247 e. The number of halogens is 1. The molecule has 1 N–H and O–H groups in total. The lowest BCUT2D eigenvalue weighted by molar-refractivity contribution is 0.226. The molecular weight excluding hydrogens is 467 g/mol. The predicted molar refractivity (Wildman–Crippen MR) is 130 cm³/mol. The van der Waals surface area contributed by atoms with Gasteiger partial charge in [0.1, 0.15) is 28.8 Å². The van der Waals surface area contributed by atoms with Crippen LogP contribution in [0.1, 0.15) is 37.7 Å². The summed E-state index contributed by atoms with van der Waals surface area (Å²) >= 11 is 0. The number of nitriles is 1. The molecule has 9 heteroatoms. The van der Waals surface area contributed by atoms with Crippen molar-refractivity contribution in [1.82, 2.24) is 9.73 Å². The van der Waals surface area contributed by atoms with Crippen molar-refractivity contribution in [1.29, 1.82) is 5.26 Å². The van der Waals surface area contributed by atoms with E-state index in [9.17, 15) is 18.1 Å². The third-order valence-electron chi connectivity index (χ3n) is 7.71. The van der Waals surface area contributed by atoms with Gasteiger partial charge in [-0.2, -0.15) is 9.57 Å². The van der Waals surface area contributed by atoms with E-state index in [2.05, 4.69) is 18.4 Å². The van der Waals surface area contributed by atoms with Crippen molar-refractivity contribution in [2.75, 3.05) is 24.6 Å². The molecule has 1 fully saturated rings. The molecule has 1 saturated carbocycles. The lowest BCUT2D eigenvalue weighted by Crippen LogP contribution is -2.40. The molecule has 0 radical (unpaired) electrons. The predicted octanol–water partition coefficient (Wildman–Crippen LogP) is 4.58. The van der Waals surface area contributed by atoms with Crippen molar-refractivity contribution >= 4 is 15.7 Å². The number of nitrogens with zero attached hydrogens (tertiary/aromatic N) is 3. The monoisotopic (exact) mass is 496 g/mol. The Balaban J connectivity index is 1.41. The molecule has 7 nitrogen and oxygen atoms in total. The number of fused-ring (bicyclic) bond motifs is 1. The molecule has 0 bridgehead atoms. The molecule has 0 spiro atoms. The number of anilines is 1. The highest BCUT2D eigenvalue weighted by Gasteiger charge is 2.48. The number of sulfonamides is 1. The Labute approximate surface area is 205 Å². The first-order chi connectivity index (χ1) is 16.6. The van der Waals surface area contributed by atoms with Gasteiger partial charge in [0, 0.05) is 13.1 Å². The van der Waals surface area contributed by atoms with Gasteiger partial charge in [-0.05, 0) is 86.4 Å². The first kappa shape index (κ1) is 23.8. The molecule has 1 aromatic carbocycles. The van der Waals surface area contributed by atoms with Crippen molar-refractivity contribution in [2.45, 2.75) is 44.9 Å². The molecule has 0 saturated heterocycles. The number of allylic oxidation sites excluding steroid dienone is 2. The molecular formula is C26H29FN4O3S. The molecule has 1 aromatic heterocycles. The van der Waals surface area contributed by atoms with E-state index in [0.29, 0.717) is 18.1 Å². The number of hydrogen-bond donors (Lipinski definition) is 1. The smallest absolute Gasteiger partial charge is 0.247 e. The van der Waals surface area contributed by atoms with Gasteiger partial charge in [-0.1, -0.05) is 12.5 Å². The fourth-order valence-corrected chi connectivity index (χ4v) is 7.42. The molecule has 3 aliphatic rings. The van der Waals surface area contributed by atoms with E-state index in [1.54, 1.807) is 26.0 Å². The van der Waals surface area contributed by atoms with E-state index in [1.807, 2.05) is 11.1 Å².